The van der Waals surface area contributed by atoms with Crippen LogP contribution in [0.1, 0.15) is 22.3 Å². The molecule has 1 amide bonds. The van der Waals surface area contributed by atoms with Crippen LogP contribution in [0.25, 0.3) is 16.6 Å². The van der Waals surface area contributed by atoms with E-state index in [9.17, 15) is 18.4 Å². The van der Waals surface area contributed by atoms with Gasteiger partial charge >= 0.3 is 0 Å². The third-order valence-corrected chi connectivity index (χ3v) is 5.55. The van der Waals surface area contributed by atoms with Gasteiger partial charge in [-0.05, 0) is 42.8 Å². The van der Waals surface area contributed by atoms with E-state index in [2.05, 4.69) is 15.4 Å². The molecule has 0 unspecified atom stereocenters. The van der Waals surface area contributed by atoms with Crippen molar-refractivity contribution >= 4 is 28.2 Å². The summed E-state index contributed by atoms with van der Waals surface area (Å²) in [5.74, 6) is -2.20. The van der Waals surface area contributed by atoms with E-state index in [4.69, 9.17) is 10.3 Å². The Labute approximate surface area is 187 Å². The molecule has 0 aliphatic carbocycles. The fraction of sp³-hybridized carbons (Fsp3) is 0.217. The highest BCUT2D eigenvalue weighted by Crippen LogP contribution is 2.21. The highest BCUT2D eigenvalue weighted by Gasteiger charge is 2.26. The van der Waals surface area contributed by atoms with Crippen molar-refractivity contribution in [2.24, 2.45) is 5.11 Å². The molecule has 33 heavy (non-hydrogen) atoms. The van der Waals surface area contributed by atoms with E-state index in [0.717, 1.165) is 18.6 Å². The first-order chi connectivity index (χ1) is 15.9. The predicted molar refractivity (Wildman–Crippen MR) is 119 cm³/mol. The summed E-state index contributed by atoms with van der Waals surface area (Å²) in [6, 6.07) is 9.94. The molecule has 8 nitrogen and oxygen atoms in total. The van der Waals surface area contributed by atoms with E-state index in [1.807, 2.05) is 0 Å². The van der Waals surface area contributed by atoms with E-state index >= 15 is 0 Å². The fourth-order valence-electron chi connectivity index (χ4n) is 3.71. The molecule has 1 atom stereocenters. The number of likely N-dealkylation sites (tertiary alicyclic amines) is 1. The lowest BCUT2D eigenvalue weighted by molar-refractivity contribution is 0.0724. The molecular weight excluding hydrogens is 432 g/mol. The number of anilines is 1. The Hall–Kier alpha value is -3.92. The maximum atomic E-state index is 13.6. The van der Waals surface area contributed by atoms with Gasteiger partial charge in [0.05, 0.1) is 17.2 Å². The molecule has 1 fully saturated rings. The Morgan fingerprint density at radius 1 is 1.24 bits per heavy atom. The summed E-state index contributed by atoms with van der Waals surface area (Å²) < 4.78 is 32.3. The second kappa shape index (κ2) is 9.29. The second-order valence-corrected chi connectivity index (χ2v) is 7.63. The van der Waals surface area contributed by atoms with Crippen LogP contribution in [-0.4, -0.2) is 42.1 Å². The van der Waals surface area contributed by atoms with E-state index in [0.29, 0.717) is 24.3 Å². The largest absolute Gasteiger partial charge is 0.380 e. The number of carbonyl (C=O) groups excluding carboxylic acids is 1. The van der Waals surface area contributed by atoms with Crippen molar-refractivity contribution in [2.45, 2.75) is 12.5 Å². The molecule has 3 aromatic rings. The van der Waals surface area contributed by atoms with Crippen LogP contribution in [0.2, 0.25) is 0 Å². The van der Waals surface area contributed by atoms with Crippen LogP contribution in [0.4, 0.5) is 14.5 Å². The van der Waals surface area contributed by atoms with Crippen LogP contribution >= 0.6 is 0 Å². The third-order valence-electron chi connectivity index (χ3n) is 5.55. The predicted octanol–water partition coefficient (Wildman–Crippen LogP) is 4.11. The zero-order valence-electron chi connectivity index (χ0n) is 17.7. The standard InChI is InChI=1S/C23H21F2N5O3/c1-33-16-6-7-30(12-16)23(32)13-2-4-15(5-3-13)27-11-21(29-26)17-8-14-9-18(24)19(25)10-20(14)28-22(17)31/h2-5,8-11,16,26-27H,6-7,12H2,1H3,(H,28,31)/b21-11-,29-26?/t16-/m1/s1. The van der Waals surface area contributed by atoms with Crippen molar-refractivity contribution in [2.75, 3.05) is 25.5 Å². The average Bonchev–Trinajstić information content (AvgIpc) is 3.30. The lowest BCUT2D eigenvalue weighted by Gasteiger charge is -2.16. The van der Waals surface area contributed by atoms with Gasteiger partial charge < -0.3 is 19.9 Å². The van der Waals surface area contributed by atoms with E-state index in [1.54, 1.807) is 36.3 Å². The monoisotopic (exact) mass is 453 g/mol. The summed E-state index contributed by atoms with van der Waals surface area (Å²) in [5.41, 5.74) is 8.12. The lowest BCUT2D eigenvalue weighted by Crippen LogP contribution is -2.29. The summed E-state index contributed by atoms with van der Waals surface area (Å²) in [7, 11) is 1.63. The minimum absolute atomic E-state index is 0.00860. The molecule has 2 aromatic carbocycles. The fourth-order valence-corrected chi connectivity index (χ4v) is 3.71. The molecule has 4 rings (SSSR count). The molecule has 2 heterocycles. The van der Waals surface area contributed by atoms with E-state index in [-0.39, 0.29) is 34.2 Å². The van der Waals surface area contributed by atoms with Crippen molar-refractivity contribution in [3.05, 3.63) is 81.8 Å². The number of nitrogens with zero attached hydrogens (tertiary/aromatic N) is 2. The van der Waals surface area contributed by atoms with Crippen LogP contribution in [0, 0.1) is 17.2 Å². The Bertz CT molecular complexity index is 1300. The van der Waals surface area contributed by atoms with Crippen LogP contribution in [0.15, 0.2) is 58.6 Å². The van der Waals surface area contributed by atoms with Gasteiger partial charge in [-0.3, -0.25) is 9.59 Å². The summed E-state index contributed by atoms with van der Waals surface area (Å²) in [6.45, 7) is 1.20. The number of rotatable bonds is 6. The maximum Gasteiger partial charge on any atom is 0.258 e. The highest BCUT2D eigenvalue weighted by atomic mass is 19.2. The molecule has 3 N–H and O–H groups in total. The molecule has 1 aliphatic rings. The summed E-state index contributed by atoms with van der Waals surface area (Å²) in [6.07, 6.45) is 2.21. The minimum atomic E-state index is -1.07. The number of aromatic amines is 1. The number of aromatic nitrogens is 1. The normalized spacial score (nSPS) is 16.3. The average molecular weight is 453 g/mol. The van der Waals surface area contributed by atoms with Gasteiger partial charge in [-0.15, -0.1) is 0 Å². The summed E-state index contributed by atoms with van der Waals surface area (Å²) in [5, 5.41) is 6.58. The molecule has 1 saturated heterocycles. The topological polar surface area (TPSA) is 111 Å². The van der Waals surface area contributed by atoms with Gasteiger partial charge in [0.2, 0.25) is 0 Å². The number of carbonyl (C=O) groups is 1. The molecule has 1 aliphatic heterocycles. The maximum absolute atomic E-state index is 13.6. The van der Waals surface area contributed by atoms with Gasteiger partial charge in [0.25, 0.3) is 11.5 Å². The number of pyridine rings is 1. The molecule has 0 spiro atoms. The van der Waals surface area contributed by atoms with Crippen molar-refractivity contribution in [1.82, 2.24) is 9.88 Å². The Morgan fingerprint density at radius 2 is 1.97 bits per heavy atom. The first-order valence-corrected chi connectivity index (χ1v) is 10.2. The first-order valence-electron chi connectivity index (χ1n) is 10.2. The van der Waals surface area contributed by atoms with Crippen LogP contribution in [0.3, 0.4) is 0 Å². The Morgan fingerprint density at radius 3 is 2.64 bits per heavy atom. The number of hydrogen-bond acceptors (Lipinski definition) is 6. The van der Waals surface area contributed by atoms with Crippen LogP contribution in [-0.2, 0) is 4.74 Å². The first kappa shape index (κ1) is 22.3. The molecule has 0 saturated carbocycles. The van der Waals surface area contributed by atoms with Crippen molar-refractivity contribution in [3.8, 4) is 0 Å². The number of amides is 1. The van der Waals surface area contributed by atoms with Gasteiger partial charge in [0.15, 0.2) is 11.6 Å². The van der Waals surface area contributed by atoms with Gasteiger partial charge in [0, 0.05) is 49.1 Å². The number of ether oxygens (including phenoxy) is 1. The van der Waals surface area contributed by atoms with Crippen molar-refractivity contribution in [1.29, 1.82) is 5.53 Å². The Balaban J connectivity index is 1.52. The SMILES string of the molecule is CO[C@@H]1CCN(C(=O)c2ccc(N/C=C(\N=N)c3cc4cc(F)c(F)cc4[nH]c3=O)cc2)C1. The van der Waals surface area contributed by atoms with E-state index < -0.39 is 17.2 Å². The Kier molecular flexibility index (Phi) is 6.27. The summed E-state index contributed by atoms with van der Waals surface area (Å²) in [4.78, 5) is 29.2. The zero-order valence-corrected chi connectivity index (χ0v) is 17.7. The number of fused-ring (bicyclic) bond motifs is 1. The van der Waals surface area contributed by atoms with Gasteiger partial charge in [-0.2, -0.15) is 5.11 Å². The zero-order chi connectivity index (χ0) is 23.5. The molecule has 0 bridgehead atoms. The number of methoxy groups -OCH3 is 1. The smallest absolute Gasteiger partial charge is 0.258 e. The van der Waals surface area contributed by atoms with Gasteiger partial charge in [-0.25, -0.2) is 14.3 Å². The number of benzene rings is 2. The molecule has 170 valence electrons. The second-order valence-electron chi connectivity index (χ2n) is 7.63. The quantitative estimate of drug-likeness (QED) is 0.488. The van der Waals surface area contributed by atoms with Crippen molar-refractivity contribution in [3.63, 3.8) is 0 Å². The highest BCUT2D eigenvalue weighted by molar-refractivity contribution is 5.94. The third kappa shape index (κ3) is 4.65. The van der Waals surface area contributed by atoms with Gasteiger partial charge in [-0.1, -0.05) is 0 Å². The summed E-state index contributed by atoms with van der Waals surface area (Å²) >= 11 is 0. The minimum Gasteiger partial charge on any atom is -0.380 e. The number of H-pyrrole nitrogens is 1. The van der Waals surface area contributed by atoms with Crippen molar-refractivity contribution < 1.29 is 18.3 Å². The molecular formula is C23H21F2N5O3. The number of halogens is 2. The molecule has 10 heteroatoms. The lowest BCUT2D eigenvalue weighted by atomic mass is 10.1. The van der Waals surface area contributed by atoms with Crippen LogP contribution in [0.5, 0.6) is 0 Å². The number of hydrogen-bond donors (Lipinski definition) is 3. The number of nitrogens with one attached hydrogen (secondary N) is 3. The van der Waals surface area contributed by atoms with E-state index in [1.165, 1.54) is 12.3 Å². The van der Waals surface area contributed by atoms with Gasteiger partial charge in [0.1, 0.15) is 5.70 Å². The molecule has 1 aromatic heterocycles. The van der Waals surface area contributed by atoms with Crippen LogP contribution < -0.4 is 10.9 Å². The molecule has 0 radical (unpaired) electrons.